The number of rotatable bonds is 10. The molecule has 6 nitrogen and oxygen atoms in total. The van der Waals surface area contributed by atoms with E-state index in [1.807, 2.05) is 30.3 Å². The number of benzene rings is 3. The maximum atomic E-state index is 12.9. The number of carboxylic acids is 1. The van der Waals surface area contributed by atoms with Crippen LogP contribution in [0.5, 0.6) is 11.5 Å². The summed E-state index contributed by atoms with van der Waals surface area (Å²) in [7, 11) is 0. The van der Waals surface area contributed by atoms with Gasteiger partial charge in [-0.3, -0.25) is 4.79 Å². The molecule has 3 rings (SSSR count). The van der Waals surface area contributed by atoms with E-state index < -0.39 is 12.6 Å². The summed E-state index contributed by atoms with van der Waals surface area (Å²) in [6.45, 7) is 2.39. The van der Waals surface area contributed by atoms with Gasteiger partial charge in [0.25, 0.3) is 5.91 Å². The van der Waals surface area contributed by atoms with Crippen LogP contribution in [-0.2, 0) is 4.79 Å². The van der Waals surface area contributed by atoms with Crippen molar-refractivity contribution in [1.82, 2.24) is 0 Å². The van der Waals surface area contributed by atoms with Gasteiger partial charge < -0.3 is 19.9 Å². The van der Waals surface area contributed by atoms with E-state index in [1.54, 1.807) is 30.3 Å². The van der Waals surface area contributed by atoms with Crippen LogP contribution >= 0.6 is 0 Å². The van der Waals surface area contributed by atoms with Crippen LogP contribution in [-0.4, -0.2) is 30.2 Å². The van der Waals surface area contributed by atoms with E-state index in [4.69, 9.17) is 14.6 Å². The average molecular weight is 407 g/mol. The monoisotopic (exact) mass is 407 g/mol. The van der Waals surface area contributed by atoms with Crippen LogP contribution in [0.2, 0.25) is 0 Å². The van der Waals surface area contributed by atoms with E-state index >= 15 is 0 Å². The van der Waals surface area contributed by atoms with Crippen molar-refractivity contribution in [2.24, 2.45) is 0 Å². The summed E-state index contributed by atoms with van der Waals surface area (Å²) in [5, 5.41) is 13.3. The number of hydrogen-bond acceptors (Lipinski definition) is 4. The fraction of sp³-hybridized carbons (Fsp3) is 0.250. The molecule has 0 atom stereocenters. The third-order valence-corrected chi connectivity index (χ3v) is 4.57. The van der Waals surface area contributed by atoms with Crippen molar-refractivity contribution >= 4 is 28.3 Å². The van der Waals surface area contributed by atoms with E-state index in [2.05, 4.69) is 12.2 Å². The molecule has 0 aliphatic rings. The molecule has 0 aromatic heterocycles. The number of fused-ring (bicyclic) bond motifs is 1. The third kappa shape index (κ3) is 5.73. The van der Waals surface area contributed by atoms with E-state index in [0.29, 0.717) is 23.6 Å². The van der Waals surface area contributed by atoms with Gasteiger partial charge in [-0.15, -0.1) is 0 Å². The summed E-state index contributed by atoms with van der Waals surface area (Å²) in [6, 6.07) is 17.9. The summed E-state index contributed by atoms with van der Waals surface area (Å²) in [6.07, 6.45) is 3.31. The predicted octanol–water partition coefficient (Wildman–Crippen LogP) is 5.12. The maximum Gasteiger partial charge on any atom is 0.341 e. The molecule has 156 valence electrons. The molecule has 0 heterocycles. The second kappa shape index (κ2) is 10.3. The first-order valence-electron chi connectivity index (χ1n) is 9.98. The SMILES string of the molecule is CCCCCOc1ccc2c(C(=O)Nc3cccc(OCC(=O)O)c3)cccc2c1. The minimum atomic E-state index is -1.06. The number of carboxylic acid groups (broad SMARTS) is 1. The molecule has 0 bridgehead atoms. The molecule has 0 spiro atoms. The summed E-state index contributed by atoms with van der Waals surface area (Å²) in [4.78, 5) is 23.5. The predicted molar refractivity (Wildman–Crippen MR) is 116 cm³/mol. The molecule has 0 saturated heterocycles. The van der Waals surface area contributed by atoms with Gasteiger partial charge in [0.15, 0.2) is 6.61 Å². The first-order chi connectivity index (χ1) is 14.6. The van der Waals surface area contributed by atoms with Crippen molar-refractivity contribution < 1.29 is 24.2 Å². The van der Waals surface area contributed by atoms with Gasteiger partial charge in [-0.25, -0.2) is 4.79 Å². The van der Waals surface area contributed by atoms with E-state index in [9.17, 15) is 9.59 Å². The standard InChI is InChI=1S/C24H25NO5/c1-2-3-4-13-29-20-11-12-21-17(14-20)7-5-10-22(21)24(28)25-18-8-6-9-19(15-18)30-16-23(26)27/h5-12,14-15H,2-4,13,16H2,1H3,(H,25,28)(H,26,27). The lowest BCUT2D eigenvalue weighted by molar-refractivity contribution is -0.139. The Balaban J connectivity index is 1.73. The summed E-state index contributed by atoms with van der Waals surface area (Å²) in [5.74, 6) is -0.154. The van der Waals surface area contributed by atoms with Gasteiger partial charge in [-0.2, -0.15) is 0 Å². The van der Waals surface area contributed by atoms with Gasteiger partial charge in [0.05, 0.1) is 6.61 Å². The Kier molecular flexibility index (Phi) is 7.27. The van der Waals surface area contributed by atoms with Crippen LogP contribution in [0.4, 0.5) is 5.69 Å². The highest BCUT2D eigenvalue weighted by atomic mass is 16.5. The Labute approximate surface area is 175 Å². The molecule has 0 aliphatic carbocycles. The van der Waals surface area contributed by atoms with Crippen molar-refractivity contribution in [3.63, 3.8) is 0 Å². The fourth-order valence-corrected chi connectivity index (χ4v) is 3.10. The van der Waals surface area contributed by atoms with Crippen molar-refractivity contribution in [3.8, 4) is 11.5 Å². The molecule has 2 N–H and O–H groups in total. The zero-order valence-electron chi connectivity index (χ0n) is 16.9. The first-order valence-corrected chi connectivity index (χ1v) is 9.98. The van der Waals surface area contributed by atoms with E-state index in [0.717, 1.165) is 35.8 Å². The van der Waals surface area contributed by atoms with Crippen LogP contribution in [0.1, 0.15) is 36.5 Å². The lowest BCUT2D eigenvalue weighted by atomic mass is 10.0. The molecule has 3 aromatic carbocycles. The molecule has 1 amide bonds. The number of hydrogen-bond donors (Lipinski definition) is 2. The van der Waals surface area contributed by atoms with Crippen LogP contribution in [0.15, 0.2) is 60.7 Å². The molecule has 30 heavy (non-hydrogen) atoms. The van der Waals surface area contributed by atoms with Crippen molar-refractivity contribution in [2.45, 2.75) is 26.2 Å². The highest BCUT2D eigenvalue weighted by Gasteiger charge is 2.11. The molecule has 0 radical (unpaired) electrons. The highest BCUT2D eigenvalue weighted by molar-refractivity contribution is 6.13. The normalized spacial score (nSPS) is 10.6. The lowest BCUT2D eigenvalue weighted by Gasteiger charge is -2.11. The van der Waals surface area contributed by atoms with Crippen LogP contribution < -0.4 is 14.8 Å². The first kappa shape index (κ1) is 21.2. The maximum absolute atomic E-state index is 12.9. The average Bonchev–Trinajstić information content (AvgIpc) is 2.75. The van der Waals surface area contributed by atoms with E-state index in [-0.39, 0.29) is 5.91 Å². The Morgan fingerprint density at radius 2 is 1.73 bits per heavy atom. The summed E-state index contributed by atoms with van der Waals surface area (Å²) >= 11 is 0. The molecule has 6 heteroatoms. The quantitative estimate of drug-likeness (QED) is 0.456. The topological polar surface area (TPSA) is 84.9 Å². The molecule has 0 saturated carbocycles. The molecule has 0 unspecified atom stereocenters. The van der Waals surface area contributed by atoms with Crippen molar-refractivity contribution in [1.29, 1.82) is 0 Å². The molecule has 0 fully saturated rings. The molecular weight excluding hydrogens is 382 g/mol. The molecular formula is C24H25NO5. The van der Waals surface area contributed by atoms with Gasteiger partial charge in [-0.1, -0.05) is 38.0 Å². The zero-order valence-corrected chi connectivity index (χ0v) is 16.9. The second-order valence-corrected chi connectivity index (χ2v) is 6.91. The Morgan fingerprint density at radius 1 is 0.933 bits per heavy atom. The number of nitrogens with one attached hydrogen (secondary N) is 1. The number of carbonyl (C=O) groups is 2. The lowest BCUT2D eigenvalue weighted by Crippen LogP contribution is -2.13. The van der Waals surface area contributed by atoms with Crippen molar-refractivity contribution in [3.05, 3.63) is 66.2 Å². The summed E-state index contributed by atoms with van der Waals surface area (Å²) < 4.78 is 11.0. The van der Waals surface area contributed by atoms with Gasteiger partial charge in [0.2, 0.25) is 0 Å². The number of amides is 1. The second-order valence-electron chi connectivity index (χ2n) is 6.91. The van der Waals surface area contributed by atoms with Gasteiger partial charge in [0, 0.05) is 17.3 Å². The molecule has 3 aromatic rings. The Morgan fingerprint density at radius 3 is 2.53 bits per heavy atom. The largest absolute Gasteiger partial charge is 0.494 e. The van der Waals surface area contributed by atoms with Gasteiger partial charge >= 0.3 is 5.97 Å². The van der Waals surface area contributed by atoms with Crippen LogP contribution in [0, 0.1) is 0 Å². The summed E-state index contributed by atoms with van der Waals surface area (Å²) in [5.41, 5.74) is 1.07. The zero-order chi connectivity index (χ0) is 21.3. The Bertz CT molecular complexity index is 1030. The third-order valence-electron chi connectivity index (χ3n) is 4.57. The van der Waals surface area contributed by atoms with Gasteiger partial charge in [-0.05, 0) is 53.6 Å². The molecule has 0 aliphatic heterocycles. The van der Waals surface area contributed by atoms with Crippen LogP contribution in [0.25, 0.3) is 10.8 Å². The van der Waals surface area contributed by atoms with Gasteiger partial charge in [0.1, 0.15) is 11.5 Å². The fourth-order valence-electron chi connectivity index (χ4n) is 3.10. The minimum absolute atomic E-state index is 0.257. The van der Waals surface area contributed by atoms with Crippen molar-refractivity contribution in [2.75, 3.05) is 18.5 Å². The Hall–Kier alpha value is -3.54. The van der Waals surface area contributed by atoms with Crippen LogP contribution in [0.3, 0.4) is 0 Å². The number of ether oxygens (including phenoxy) is 2. The number of aliphatic carboxylic acids is 1. The highest BCUT2D eigenvalue weighted by Crippen LogP contribution is 2.25. The number of carbonyl (C=O) groups excluding carboxylic acids is 1. The smallest absolute Gasteiger partial charge is 0.341 e. The number of anilines is 1. The number of unbranched alkanes of at least 4 members (excludes halogenated alkanes) is 2. The minimum Gasteiger partial charge on any atom is -0.494 e. The van der Waals surface area contributed by atoms with E-state index in [1.165, 1.54) is 0 Å².